The molecule has 0 aromatic heterocycles. The number of benzene rings is 2. The van der Waals surface area contributed by atoms with Crippen LogP contribution < -0.4 is 0 Å². The zero-order valence-electron chi connectivity index (χ0n) is 16.2. The number of ether oxygens (including phenoxy) is 1. The van der Waals surface area contributed by atoms with Crippen molar-refractivity contribution in [3.63, 3.8) is 0 Å². The molecule has 1 heterocycles. The van der Waals surface area contributed by atoms with E-state index < -0.39 is 38.5 Å². The Balaban J connectivity index is 1.99. The maximum atomic E-state index is 12.8. The molecule has 11 heteroatoms. The molecule has 2 aromatic rings. The summed E-state index contributed by atoms with van der Waals surface area (Å²) in [6.45, 7) is 1.13. The molecule has 0 bridgehead atoms. The maximum absolute atomic E-state index is 12.8. The molecule has 7 nitrogen and oxygen atoms in total. The number of allylic oxidation sites excluding steroid dienone is 1. The van der Waals surface area contributed by atoms with Crippen molar-refractivity contribution in [1.82, 2.24) is 0 Å². The third-order valence-electron chi connectivity index (χ3n) is 4.84. The van der Waals surface area contributed by atoms with Gasteiger partial charge in [0.15, 0.2) is 0 Å². The van der Waals surface area contributed by atoms with Crippen LogP contribution in [0.1, 0.15) is 43.1 Å². The van der Waals surface area contributed by atoms with Gasteiger partial charge in [-0.25, -0.2) is 0 Å². The Kier molecular flexibility index (Phi) is 6.37. The lowest BCUT2D eigenvalue weighted by Gasteiger charge is -2.34. The molecule has 0 unspecified atom stereocenters. The predicted molar refractivity (Wildman–Crippen MR) is 104 cm³/mol. The second-order valence-corrected chi connectivity index (χ2v) is 8.41. The summed E-state index contributed by atoms with van der Waals surface area (Å²) in [4.78, 5) is 10.3. The van der Waals surface area contributed by atoms with E-state index in [1.54, 1.807) is 0 Å². The molecule has 2 atom stereocenters. The molecule has 1 fully saturated rings. The SMILES string of the molecule is CC(OS(=O)(=O)C(F)(F)F)=C1CC[C@@H](c2ccccc2)O[C@H]1c1ccc([N+](=O)[O-])cc1. The average Bonchev–Trinajstić information content (AvgIpc) is 2.73. The van der Waals surface area contributed by atoms with Gasteiger partial charge >= 0.3 is 15.6 Å². The highest BCUT2D eigenvalue weighted by Gasteiger charge is 2.49. The van der Waals surface area contributed by atoms with Crippen LogP contribution in [0.3, 0.4) is 0 Å². The predicted octanol–water partition coefficient (Wildman–Crippen LogP) is 5.33. The van der Waals surface area contributed by atoms with Gasteiger partial charge in [0.05, 0.1) is 11.0 Å². The van der Waals surface area contributed by atoms with Gasteiger partial charge in [0.1, 0.15) is 11.9 Å². The van der Waals surface area contributed by atoms with Crippen LogP contribution >= 0.6 is 0 Å². The molecule has 0 saturated carbocycles. The Hall–Kier alpha value is -2.92. The van der Waals surface area contributed by atoms with Gasteiger partial charge in [-0.05, 0) is 43.0 Å². The lowest BCUT2D eigenvalue weighted by atomic mass is 9.90. The number of halogens is 3. The van der Waals surface area contributed by atoms with Gasteiger partial charge in [0.25, 0.3) is 5.69 Å². The largest absolute Gasteiger partial charge is 0.534 e. The van der Waals surface area contributed by atoms with Crippen LogP contribution in [0, 0.1) is 10.1 Å². The van der Waals surface area contributed by atoms with Crippen LogP contribution in [0.5, 0.6) is 0 Å². The second kappa shape index (κ2) is 8.67. The fourth-order valence-corrected chi connectivity index (χ4v) is 3.85. The summed E-state index contributed by atoms with van der Waals surface area (Å²) >= 11 is 0. The summed E-state index contributed by atoms with van der Waals surface area (Å²) in [5, 5.41) is 10.9. The maximum Gasteiger partial charge on any atom is 0.534 e. The molecule has 2 aromatic carbocycles. The lowest BCUT2D eigenvalue weighted by Crippen LogP contribution is -2.26. The minimum Gasteiger partial charge on any atom is -0.381 e. The Morgan fingerprint density at radius 3 is 2.26 bits per heavy atom. The van der Waals surface area contributed by atoms with Crippen molar-refractivity contribution in [1.29, 1.82) is 0 Å². The summed E-state index contributed by atoms with van der Waals surface area (Å²) in [6, 6.07) is 14.4. The highest BCUT2D eigenvalue weighted by molar-refractivity contribution is 7.87. The van der Waals surface area contributed by atoms with E-state index in [1.165, 1.54) is 24.3 Å². The van der Waals surface area contributed by atoms with Gasteiger partial charge in [0, 0.05) is 17.7 Å². The number of rotatable bonds is 5. The monoisotopic (exact) mass is 457 g/mol. The molecule has 3 rings (SSSR count). The van der Waals surface area contributed by atoms with Gasteiger partial charge in [0.2, 0.25) is 0 Å². The van der Waals surface area contributed by atoms with Crippen LogP contribution in [0.2, 0.25) is 0 Å². The number of nitrogens with zero attached hydrogens (tertiary/aromatic N) is 1. The molecule has 166 valence electrons. The molecule has 1 aliphatic heterocycles. The zero-order chi connectivity index (χ0) is 22.8. The van der Waals surface area contributed by atoms with Crippen LogP contribution in [0.15, 0.2) is 65.9 Å². The van der Waals surface area contributed by atoms with Crippen molar-refractivity contribution in [2.45, 2.75) is 37.5 Å². The zero-order valence-corrected chi connectivity index (χ0v) is 17.0. The number of non-ortho nitro benzene ring substituents is 1. The molecule has 1 saturated heterocycles. The highest BCUT2D eigenvalue weighted by Crippen LogP contribution is 2.44. The highest BCUT2D eigenvalue weighted by atomic mass is 32.2. The molecule has 0 radical (unpaired) electrons. The average molecular weight is 457 g/mol. The molecule has 1 aliphatic rings. The number of hydrogen-bond donors (Lipinski definition) is 0. The van der Waals surface area contributed by atoms with E-state index in [1.807, 2.05) is 30.3 Å². The molecule has 0 amide bonds. The Morgan fingerprint density at radius 1 is 1.10 bits per heavy atom. The van der Waals surface area contributed by atoms with Gasteiger partial charge < -0.3 is 8.92 Å². The van der Waals surface area contributed by atoms with E-state index in [0.717, 1.165) is 12.5 Å². The van der Waals surface area contributed by atoms with Crippen LogP contribution in [0.25, 0.3) is 0 Å². The fourth-order valence-electron chi connectivity index (χ4n) is 3.32. The Morgan fingerprint density at radius 2 is 1.71 bits per heavy atom. The van der Waals surface area contributed by atoms with Crippen LogP contribution in [-0.4, -0.2) is 18.8 Å². The number of hydrogen-bond acceptors (Lipinski definition) is 6. The standard InChI is InChI=1S/C20H18F3NO6S/c1-13(30-31(27,28)20(21,22)23)17-11-12-18(14-5-3-2-4-6-14)29-19(17)15-7-9-16(10-8-15)24(25)26/h2-10,18-19H,11-12H2,1H3/t18-,19-/m0/s1. The van der Waals surface area contributed by atoms with Gasteiger partial charge in [-0.15, -0.1) is 0 Å². The first-order valence-corrected chi connectivity index (χ1v) is 10.6. The molecular formula is C20H18F3NO6S. The van der Waals surface area contributed by atoms with Crippen molar-refractivity contribution in [2.75, 3.05) is 0 Å². The minimum absolute atomic E-state index is 0.169. The van der Waals surface area contributed by atoms with E-state index in [4.69, 9.17) is 4.74 Å². The molecule has 0 aliphatic carbocycles. The van der Waals surface area contributed by atoms with E-state index >= 15 is 0 Å². The fraction of sp³-hybridized carbons (Fsp3) is 0.300. The summed E-state index contributed by atoms with van der Waals surface area (Å²) in [6.07, 6.45) is -0.754. The minimum atomic E-state index is -5.84. The van der Waals surface area contributed by atoms with Crippen molar-refractivity contribution in [3.05, 3.63) is 87.2 Å². The first-order chi connectivity index (χ1) is 14.5. The van der Waals surface area contributed by atoms with Gasteiger partial charge in [-0.1, -0.05) is 30.3 Å². The summed E-state index contributed by atoms with van der Waals surface area (Å²) in [7, 11) is -5.84. The Labute approximate surface area is 176 Å². The van der Waals surface area contributed by atoms with Gasteiger partial charge in [-0.2, -0.15) is 21.6 Å². The molecular weight excluding hydrogens is 439 g/mol. The third kappa shape index (κ3) is 5.05. The summed E-state index contributed by atoms with van der Waals surface area (Å²) < 4.78 is 71.6. The first kappa shape index (κ1) is 22.8. The normalized spacial score (nSPS) is 21.4. The van der Waals surface area contributed by atoms with Crippen molar-refractivity contribution < 1.29 is 35.4 Å². The van der Waals surface area contributed by atoms with E-state index in [0.29, 0.717) is 12.0 Å². The van der Waals surface area contributed by atoms with E-state index in [-0.39, 0.29) is 17.7 Å². The molecule has 31 heavy (non-hydrogen) atoms. The van der Waals surface area contributed by atoms with E-state index in [2.05, 4.69) is 4.18 Å². The first-order valence-electron chi connectivity index (χ1n) is 9.15. The smallest absolute Gasteiger partial charge is 0.381 e. The quantitative estimate of drug-likeness (QED) is 0.198. The third-order valence-corrected chi connectivity index (χ3v) is 5.88. The summed E-state index contributed by atoms with van der Waals surface area (Å²) in [5.41, 5.74) is -4.26. The Bertz CT molecular complexity index is 1080. The van der Waals surface area contributed by atoms with Gasteiger partial charge in [-0.3, -0.25) is 10.1 Å². The number of nitro groups is 1. The number of nitro benzene ring substituents is 1. The summed E-state index contributed by atoms with van der Waals surface area (Å²) in [5.74, 6) is -0.438. The van der Waals surface area contributed by atoms with Crippen LogP contribution in [-0.2, 0) is 19.0 Å². The van der Waals surface area contributed by atoms with Crippen LogP contribution in [0.4, 0.5) is 18.9 Å². The molecule has 0 spiro atoms. The van der Waals surface area contributed by atoms with Crippen molar-refractivity contribution in [2.24, 2.45) is 0 Å². The van der Waals surface area contributed by atoms with Crippen molar-refractivity contribution in [3.8, 4) is 0 Å². The van der Waals surface area contributed by atoms with Crippen molar-refractivity contribution >= 4 is 15.8 Å². The number of alkyl halides is 3. The van der Waals surface area contributed by atoms with E-state index in [9.17, 15) is 31.7 Å². The molecule has 0 N–H and O–H groups in total. The topological polar surface area (TPSA) is 95.7 Å². The second-order valence-electron chi connectivity index (χ2n) is 6.87. The lowest BCUT2D eigenvalue weighted by molar-refractivity contribution is -0.384.